The Morgan fingerprint density at radius 1 is 1.58 bits per heavy atom. The summed E-state index contributed by atoms with van der Waals surface area (Å²) in [5.74, 6) is 0.00992. The van der Waals surface area contributed by atoms with Crippen molar-refractivity contribution in [3.05, 3.63) is 20.4 Å². The van der Waals surface area contributed by atoms with Crippen LogP contribution in [-0.4, -0.2) is 4.98 Å². The zero-order valence-electron chi connectivity index (χ0n) is 5.69. The van der Waals surface area contributed by atoms with Gasteiger partial charge >= 0.3 is 0 Å². The summed E-state index contributed by atoms with van der Waals surface area (Å²) in [4.78, 5) is 3.62. The Balaban J connectivity index is 3.28. The molecular weight excluding hydrogens is 300 g/mol. The number of hydrogen-bond donors (Lipinski definition) is 1. The van der Waals surface area contributed by atoms with Crippen LogP contribution < -0.4 is 5.73 Å². The van der Waals surface area contributed by atoms with Crippen LogP contribution in [0.3, 0.4) is 0 Å². The average molecular weight is 304 g/mol. The van der Waals surface area contributed by atoms with Crippen molar-refractivity contribution in [2.24, 2.45) is 0 Å². The second-order valence-electron chi connectivity index (χ2n) is 2.04. The van der Waals surface area contributed by atoms with Gasteiger partial charge in [0.15, 0.2) is 0 Å². The van der Waals surface area contributed by atoms with Crippen molar-refractivity contribution in [3.8, 4) is 0 Å². The van der Waals surface area contributed by atoms with E-state index < -0.39 is 6.43 Å². The number of rotatable bonds is 1. The lowest BCUT2D eigenvalue weighted by atomic mass is 10.3. The molecule has 0 aliphatic rings. The fourth-order valence-corrected chi connectivity index (χ4v) is 1.41. The van der Waals surface area contributed by atoms with Gasteiger partial charge in [-0.05, 0) is 28.7 Å². The highest BCUT2D eigenvalue weighted by atomic mass is 127. The summed E-state index contributed by atoms with van der Waals surface area (Å²) in [6.07, 6.45) is -2.57. The Kier molecular flexibility index (Phi) is 3.05. The molecule has 2 nitrogen and oxygen atoms in total. The lowest BCUT2D eigenvalue weighted by molar-refractivity contribution is 0.150. The van der Waals surface area contributed by atoms with E-state index in [9.17, 15) is 8.78 Å². The molecule has 0 unspecified atom stereocenters. The topological polar surface area (TPSA) is 38.9 Å². The minimum atomic E-state index is -2.57. The summed E-state index contributed by atoms with van der Waals surface area (Å²) in [6, 6.07) is 1.12. The van der Waals surface area contributed by atoms with Gasteiger partial charge in [0.05, 0.1) is 3.57 Å². The molecule has 66 valence electrons. The fourth-order valence-electron chi connectivity index (χ4n) is 0.695. The van der Waals surface area contributed by atoms with Crippen LogP contribution in [0.4, 0.5) is 14.6 Å². The molecule has 6 heteroatoms. The maximum atomic E-state index is 12.2. The average Bonchev–Trinajstić information content (AvgIpc) is 1.96. The summed E-state index contributed by atoms with van der Waals surface area (Å²) in [5.41, 5.74) is 5.06. The molecule has 12 heavy (non-hydrogen) atoms. The zero-order valence-corrected chi connectivity index (χ0v) is 8.60. The van der Waals surface area contributed by atoms with Crippen molar-refractivity contribution in [2.75, 3.05) is 5.73 Å². The van der Waals surface area contributed by atoms with Crippen molar-refractivity contribution in [1.82, 2.24) is 4.98 Å². The number of anilines is 1. The second kappa shape index (κ2) is 3.69. The number of nitrogen functional groups attached to an aromatic ring is 1. The van der Waals surface area contributed by atoms with Crippen molar-refractivity contribution in [2.45, 2.75) is 6.43 Å². The van der Waals surface area contributed by atoms with Gasteiger partial charge in [-0.25, -0.2) is 13.8 Å². The van der Waals surface area contributed by atoms with Crippen molar-refractivity contribution >= 4 is 40.0 Å². The molecule has 0 atom stereocenters. The molecule has 0 aromatic carbocycles. The first-order valence-corrected chi connectivity index (χ1v) is 4.37. The monoisotopic (exact) mass is 304 g/mol. The molecule has 1 aromatic rings. The lowest BCUT2D eigenvalue weighted by Crippen LogP contribution is -1.98. The largest absolute Gasteiger partial charge is 0.384 e. The maximum absolute atomic E-state index is 12.2. The minimum absolute atomic E-state index is 0.00992. The minimum Gasteiger partial charge on any atom is -0.384 e. The van der Waals surface area contributed by atoms with E-state index in [2.05, 4.69) is 4.98 Å². The first-order valence-electron chi connectivity index (χ1n) is 2.92. The molecule has 1 rings (SSSR count). The van der Waals surface area contributed by atoms with Crippen LogP contribution in [0.2, 0.25) is 5.15 Å². The fraction of sp³-hybridized carbons (Fsp3) is 0.167. The van der Waals surface area contributed by atoms with Crippen LogP contribution in [0.15, 0.2) is 6.07 Å². The normalized spacial score (nSPS) is 10.8. The highest BCUT2D eigenvalue weighted by molar-refractivity contribution is 14.1. The molecule has 2 N–H and O–H groups in total. The third kappa shape index (κ3) is 1.95. The molecule has 0 spiro atoms. The summed E-state index contributed by atoms with van der Waals surface area (Å²) < 4.78 is 24.7. The molecule has 0 saturated heterocycles. The van der Waals surface area contributed by atoms with Gasteiger partial charge in [-0.15, -0.1) is 0 Å². The van der Waals surface area contributed by atoms with E-state index in [1.165, 1.54) is 0 Å². The predicted octanol–water partition coefficient (Wildman–Crippen LogP) is 2.86. The van der Waals surface area contributed by atoms with Crippen molar-refractivity contribution in [1.29, 1.82) is 0 Å². The van der Waals surface area contributed by atoms with Gasteiger partial charge in [0, 0.05) is 5.56 Å². The molecule has 1 heterocycles. The molecule has 0 radical (unpaired) electrons. The Morgan fingerprint density at radius 2 is 2.17 bits per heavy atom. The SMILES string of the molecule is Nc1cc(C(F)F)c(I)c(Cl)n1. The highest BCUT2D eigenvalue weighted by Crippen LogP contribution is 2.29. The summed E-state index contributed by atoms with van der Waals surface area (Å²) in [5, 5.41) is 0.0194. The van der Waals surface area contributed by atoms with Gasteiger partial charge in [0.25, 0.3) is 6.43 Å². The smallest absolute Gasteiger partial charge is 0.265 e. The first kappa shape index (κ1) is 9.91. The van der Waals surface area contributed by atoms with Gasteiger partial charge in [-0.2, -0.15) is 0 Å². The summed E-state index contributed by atoms with van der Waals surface area (Å²) in [6.45, 7) is 0. The van der Waals surface area contributed by atoms with E-state index in [4.69, 9.17) is 17.3 Å². The Hall–Kier alpha value is -0.170. The number of nitrogens with two attached hydrogens (primary N) is 1. The molecular formula is C6H4ClF2IN2. The van der Waals surface area contributed by atoms with Crippen LogP contribution in [-0.2, 0) is 0 Å². The van der Waals surface area contributed by atoms with Crippen LogP contribution in [0, 0.1) is 3.57 Å². The number of halogens is 4. The Bertz CT molecular complexity index is 306. The number of pyridine rings is 1. The molecule has 1 aromatic heterocycles. The number of aromatic nitrogens is 1. The number of alkyl halides is 2. The molecule has 0 saturated carbocycles. The van der Waals surface area contributed by atoms with E-state index in [0.29, 0.717) is 0 Å². The highest BCUT2D eigenvalue weighted by Gasteiger charge is 2.15. The van der Waals surface area contributed by atoms with Crippen molar-refractivity contribution < 1.29 is 8.78 Å². The summed E-state index contributed by atoms with van der Waals surface area (Å²) >= 11 is 7.24. The van der Waals surface area contributed by atoms with Crippen molar-refractivity contribution in [3.63, 3.8) is 0 Å². The van der Waals surface area contributed by atoms with Crippen LogP contribution in [0.5, 0.6) is 0 Å². The molecule has 0 fully saturated rings. The Labute approximate surface area is 86.3 Å². The quantitative estimate of drug-likeness (QED) is 0.640. The molecule has 0 bridgehead atoms. The third-order valence-corrected chi connectivity index (χ3v) is 2.93. The summed E-state index contributed by atoms with van der Waals surface area (Å²) in [7, 11) is 0. The number of nitrogens with zero attached hydrogens (tertiary/aromatic N) is 1. The van der Waals surface area contributed by atoms with Crippen LogP contribution in [0.25, 0.3) is 0 Å². The zero-order chi connectivity index (χ0) is 9.30. The van der Waals surface area contributed by atoms with Gasteiger partial charge < -0.3 is 5.73 Å². The second-order valence-corrected chi connectivity index (χ2v) is 3.48. The van der Waals surface area contributed by atoms with E-state index in [1.807, 2.05) is 0 Å². The Morgan fingerprint density at radius 3 is 2.67 bits per heavy atom. The van der Waals surface area contributed by atoms with E-state index in [1.54, 1.807) is 22.6 Å². The first-order chi connectivity index (χ1) is 5.52. The lowest BCUT2D eigenvalue weighted by Gasteiger charge is -2.04. The number of hydrogen-bond acceptors (Lipinski definition) is 2. The van der Waals surface area contributed by atoms with Crippen LogP contribution >= 0.6 is 34.2 Å². The van der Waals surface area contributed by atoms with E-state index >= 15 is 0 Å². The third-order valence-electron chi connectivity index (χ3n) is 1.20. The van der Waals surface area contributed by atoms with Gasteiger partial charge in [0.1, 0.15) is 11.0 Å². The molecule has 0 amide bonds. The van der Waals surface area contributed by atoms with Gasteiger partial charge in [-0.1, -0.05) is 11.6 Å². The predicted molar refractivity (Wildman–Crippen MR) is 51.3 cm³/mol. The van der Waals surface area contributed by atoms with E-state index in [0.717, 1.165) is 6.07 Å². The van der Waals surface area contributed by atoms with Gasteiger partial charge in [0.2, 0.25) is 0 Å². The standard InChI is InChI=1S/C6H4ClF2IN2/c7-5-4(10)2(6(8)9)1-3(11)12-5/h1,6H,(H2,11,12). The van der Waals surface area contributed by atoms with Crippen LogP contribution in [0.1, 0.15) is 12.0 Å². The molecule has 0 aliphatic carbocycles. The van der Waals surface area contributed by atoms with E-state index in [-0.39, 0.29) is 20.1 Å². The maximum Gasteiger partial charge on any atom is 0.265 e. The molecule has 0 aliphatic heterocycles. The van der Waals surface area contributed by atoms with Gasteiger partial charge in [-0.3, -0.25) is 0 Å².